The van der Waals surface area contributed by atoms with Crippen LogP contribution < -0.4 is 4.74 Å². The fourth-order valence-electron chi connectivity index (χ4n) is 2.33. The largest absolute Gasteiger partial charge is 0.497 e. The van der Waals surface area contributed by atoms with E-state index in [9.17, 15) is 5.11 Å². The molecule has 21 heavy (non-hydrogen) atoms. The lowest BCUT2D eigenvalue weighted by molar-refractivity contribution is 0.0242. The fraction of sp³-hybridized carbons (Fsp3) is 0.529. The van der Waals surface area contributed by atoms with Gasteiger partial charge in [0, 0.05) is 19.1 Å². The smallest absolute Gasteiger partial charge is 0.118 e. The third-order valence-electron chi connectivity index (χ3n) is 3.55. The highest BCUT2D eigenvalue weighted by Crippen LogP contribution is 2.28. The third kappa shape index (κ3) is 5.39. The van der Waals surface area contributed by atoms with Crippen molar-refractivity contribution in [3.05, 3.63) is 29.8 Å². The van der Waals surface area contributed by atoms with Crippen LogP contribution in [-0.2, 0) is 11.3 Å². The molecule has 0 amide bonds. The van der Waals surface area contributed by atoms with E-state index in [1.165, 1.54) is 18.4 Å². The van der Waals surface area contributed by atoms with Crippen molar-refractivity contribution in [3.8, 4) is 18.1 Å². The lowest BCUT2D eigenvalue weighted by atomic mass is 10.2. The summed E-state index contributed by atoms with van der Waals surface area (Å²) in [6.45, 7) is 1.98. The normalized spacial score (nSPS) is 15.7. The zero-order chi connectivity index (χ0) is 15.1. The van der Waals surface area contributed by atoms with E-state index in [1.807, 2.05) is 12.1 Å². The SMILES string of the molecule is C#CCOCC(O)CN(Cc1ccc(OC)cc1)C1CC1. The summed E-state index contributed by atoms with van der Waals surface area (Å²) in [5.41, 5.74) is 1.22. The third-order valence-corrected chi connectivity index (χ3v) is 3.55. The highest BCUT2D eigenvalue weighted by molar-refractivity contribution is 5.27. The molecule has 1 aliphatic carbocycles. The molecule has 0 saturated heterocycles. The van der Waals surface area contributed by atoms with Crippen molar-refractivity contribution in [1.82, 2.24) is 4.90 Å². The first-order valence-corrected chi connectivity index (χ1v) is 7.29. The van der Waals surface area contributed by atoms with E-state index in [0.717, 1.165) is 12.3 Å². The van der Waals surface area contributed by atoms with Gasteiger partial charge in [-0.1, -0.05) is 18.1 Å². The summed E-state index contributed by atoms with van der Waals surface area (Å²) in [5.74, 6) is 3.26. The summed E-state index contributed by atoms with van der Waals surface area (Å²) in [5, 5.41) is 10.0. The summed E-state index contributed by atoms with van der Waals surface area (Å²) >= 11 is 0. The van der Waals surface area contributed by atoms with Crippen molar-refractivity contribution in [1.29, 1.82) is 0 Å². The molecule has 2 rings (SSSR count). The van der Waals surface area contributed by atoms with Crippen LogP contribution in [-0.4, -0.2) is 49.0 Å². The molecule has 1 fully saturated rings. The van der Waals surface area contributed by atoms with Gasteiger partial charge in [0.15, 0.2) is 0 Å². The molecule has 0 heterocycles. The minimum Gasteiger partial charge on any atom is -0.497 e. The Bertz CT molecular complexity index is 462. The Hall–Kier alpha value is -1.54. The van der Waals surface area contributed by atoms with E-state index in [0.29, 0.717) is 12.6 Å². The highest BCUT2D eigenvalue weighted by Gasteiger charge is 2.30. The van der Waals surface area contributed by atoms with Gasteiger partial charge in [-0.2, -0.15) is 0 Å². The summed E-state index contributed by atoms with van der Waals surface area (Å²) < 4.78 is 10.4. The second kappa shape index (κ2) is 8.04. The van der Waals surface area contributed by atoms with Crippen LogP contribution in [0.5, 0.6) is 5.75 Å². The summed E-state index contributed by atoms with van der Waals surface area (Å²) in [6, 6.07) is 8.64. The molecule has 4 nitrogen and oxygen atoms in total. The van der Waals surface area contributed by atoms with Gasteiger partial charge in [0.2, 0.25) is 0 Å². The van der Waals surface area contributed by atoms with E-state index in [4.69, 9.17) is 15.9 Å². The molecular weight excluding hydrogens is 266 g/mol. The van der Waals surface area contributed by atoms with Gasteiger partial charge >= 0.3 is 0 Å². The molecular formula is C17H23NO3. The number of terminal acetylenes is 1. The van der Waals surface area contributed by atoms with Crippen LogP contribution >= 0.6 is 0 Å². The maximum absolute atomic E-state index is 10.0. The molecule has 0 spiro atoms. The monoisotopic (exact) mass is 289 g/mol. The van der Waals surface area contributed by atoms with Crippen molar-refractivity contribution < 1.29 is 14.6 Å². The molecule has 1 saturated carbocycles. The topological polar surface area (TPSA) is 41.9 Å². The zero-order valence-electron chi connectivity index (χ0n) is 12.5. The zero-order valence-corrected chi connectivity index (χ0v) is 12.5. The van der Waals surface area contributed by atoms with E-state index >= 15 is 0 Å². The Morgan fingerprint density at radius 3 is 2.67 bits per heavy atom. The maximum atomic E-state index is 10.0. The number of nitrogens with zero attached hydrogens (tertiary/aromatic N) is 1. The molecule has 0 aliphatic heterocycles. The van der Waals surface area contributed by atoms with Gasteiger partial charge in [-0.25, -0.2) is 0 Å². The molecule has 1 aliphatic rings. The van der Waals surface area contributed by atoms with Gasteiger partial charge in [0.25, 0.3) is 0 Å². The van der Waals surface area contributed by atoms with E-state index in [-0.39, 0.29) is 13.2 Å². The molecule has 1 aromatic rings. The van der Waals surface area contributed by atoms with Crippen LogP contribution in [0.3, 0.4) is 0 Å². The highest BCUT2D eigenvalue weighted by atomic mass is 16.5. The maximum Gasteiger partial charge on any atom is 0.118 e. The number of rotatable bonds is 9. The molecule has 1 aromatic carbocycles. The second-order valence-corrected chi connectivity index (χ2v) is 5.38. The fourth-order valence-corrected chi connectivity index (χ4v) is 2.33. The molecule has 0 bridgehead atoms. The Morgan fingerprint density at radius 2 is 2.10 bits per heavy atom. The van der Waals surface area contributed by atoms with E-state index in [2.05, 4.69) is 23.0 Å². The lowest BCUT2D eigenvalue weighted by Crippen LogP contribution is -2.36. The quantitative estimate of drug-likeness (QED) is 0.555. The summed E-state index contributed by atoms with van der Waals surface area (Å²) in [4.78, 5) is 2.31. The molecule has 0 aromatic heterocycles. The van der Waals surface area contributed by atoms with Crippen LogP contribution in [0, 0.1) is 12.3 Å². The molecule has 1 atom stereocenters. The Morgan fingerprint density at radius 1 is 1.38 bits per heavy atom. The number of aliphatic hydroxyl groups is 1. The number of methoxy groups -OCH3 is 1. The summed E-state index contributed by atoms with van der Waals surface area (Å²) in [7, 11) is 1.66. The molecule has 1 N–H and O–H groups in total. The van der Waals surface area contributed by atoms with Crippen molar-refractivity contribution >= 4 is 0 Å². The van der Waals surface area contributed by atoms with Crippen LogP contribution in [0.1, 0.15) is 18.4 Å². The van der Waals surface area contributed by atoms with Gasteiger partial charge < -0.3 is 14.6 Å². The predicted octanol–water partition coefficient (Wildman–Crippen LogP) is 1.67. The van der Waals surface area contributed by atoms with Gasteiger partial charge in [-0.3, -0.25) is 4.90 Å². The van der Waals surface area contributed by atoms with Crippen molar-refractivity contribution in [2.75, 3.05) is 26.9 Å². The average molecular weight is 289 g/mol. The van der Waals surface area contributed by atoms with Crippen LogP contribution in [0.4, 0.5) is 0 Å². The number of hydrogen-bond donors (Lipinski definition) is 1. The van der Waals surface area contributed by atoms with Crippen molar-refractivity contribution in [3.63, 3.8) is 0 Å². The number of aliphatic hydroxyl groups excluding tert-OH is 1. The average Bonchev–Trinajstić information content (AvgIpc) is 3.32. The number of benzene rings is 1. The van der Waals surface area contributed by atoms with Gasteiger partial charge in [-0.05, 0) is 30.5 Å². The van der Waals surface area contributed by atoms with Crippen molar-refractivity contribution in [2.45, 2.75) is 31.5 Å². The number of ether oxygens (including phenoxy) is 2. The first-order chi connectivity index (χ1) is 10.2. The van der Waals surface area contributed by atoms with Gasteiger partial charge in [-0.15, -0.1) is 6.42 Å². The molecule has 114 valence electrons. The van der Waals surface area contributed by atoms with Crippen LogP contribution in [0.25, 0.3) is 0 Å². The standard InChI is InChI=1S/C17H23NO3/c1-3-10-21-13-16(19)12-18(15-6-7-15)11-14-4-8-17(20-2)9-5-14/h1,4-5,8-9,15-16,19H,6-7,10-13H2,2H3. The van der Waals surface area contributed by atoms with Crippen LogP contribution in [0.2, 0.25) is 0 Å². The van der Waals surface area contributed by atoms with Gasteiger partial charge in [0.05, 0.1) is 19.8 Å². The van der Waals surface area contributed by atoms with Gasteiger partial charge in [0.1, 0.15) is 12.4 Å². The first-order valence-electron chi connectivity index (χ1n) is 7.29. The van der Waals surface area contributed by atoms with E-state index < -0.39 is 6.10 Å². The Labute approximate surface area is 126 Å². The Balaban J connectivity index is 1.85. The van der Waals surface area contributed by atoms with Crippen molar-refractivity contribution in [2.24, 2.45) is 0 Å². The molecule has 0 radical (unpaired) electrons. The van der Waals surface area contributed by atoms with E-state index in [1.54, 1.807) is 7.11 Å². The first kappa shape index (κ1) is 15.8. The second-order valence-electron chi connectivity index (χ2n) is 5.38. The molecule has 1 unspecified atom stereocenters. The Kier molecular flexibility index (Phi) is 6.06. The summed E-state index contributed by atoms with van der Waals surface area (Å²) in [6.07, 6.45) is 7.03. The van der Waals surface area contributed by atoms with Crippen LogP contribution in [0.15, 0.2) is 24.3 Å². The number of hydrogen-bond acceptors (Lipinski definition) is 4. The minimum absolute atomic E-state index is 0.249. The predicted molar refractivity (Wildman–Crippen MR) is 82.1 cm³/mol. The molecule has 4 heteroatoms. The lowest BCUT2D eigenvalue weighted by Gasteiger charge is -2.25. The minimum atomic E-state index is -0.503.